The second-order valence-electron chi connectivity index (χ2n) is 2.25. The van der Waals surface area contributed by atoms with Crippen LogP contribution in [0.15, 0.2) is 21.7 Å². The molecule has 0 aromatic carbocycles. The minimum Gasteiger partial charge on any atom is -0.213 e. The molecule has 0 aliphatic carbocycles. The Morgan fingerprint density at radius 1 is 1.60 bits per heavy atom. The number of thiol groups is 1. The summed E-state index contributed by atoms with van der Waals surface area (Å²) in [4.78, 5) is 4.80. The first-order chi connectivity index (χ1) is 4.66. The van der Waals surface area contributed by atoms with E-state index in [4.69, 9.17) is 0 Å². The van der Waals surface area contributed by atoms with Crippen molar-refractivity contribution in [3.63, 3.8) is 0 Å². The predicted octanol–water partition coefficient (Wildman–Crippen LogP) is 2.80. The summed E-state index contributed by atoms with van der Waals surface area (Å²) < 4.78 is 0. The van der Waals surface area contributed by atoms with Crippen molar-refractivity contribution in [3.05, 3.63) is 16.7 Å². The van der Waals surface area contributed by atoms with Crippen molar-refractivity contribution in [1.82, 2.24) is 0 Å². The van der Waals surface area contributed by atoms with Crippen molar-refractivity contribution in [1.29, 1.82) is 0 Å². The number of aliphatic imine (C=N–C) groups is 1. The minimum absolute atomic E-state index is 0.887. The summed E-state index contributed by atoms with van der Waals surface area (Å²) in [6.45, 7) is 6.01. The van der Waals surface area contributed by atoms with E-state index in [-0.39, 0.29) is 0 Å². The summed E-state index contributed by atoms with van der Waals surface area (Å²) in [5.74, 6) is 2.79. The summed E-state index contributed by atoms with van der Waals surface area (Å²) in [6.07, 6.45) is 2.66. The fourth-order valence-corrected chi connectivity index (χ4v) is 0.373. The SMILES string of the molecule is CCC(S)=C=NC=C(C)C. The lowest BCUT2D eigenvalue weighted by molar-refractivity contribution is 1.22. The molecule has 10 heavy (non-hydrogen) atoms. The minimum atomic E-state index is 0.887. The molecular formula is C8H13NS. The highest BCUT2D eigenvalue weighted by atomic mass is 32.1. The highest BCUT2D eigenvalue weighted by Crippen LogP contribution is 1.98. The second-order valence-corrected chi connectivity index (χ2v) is 2.79. The van der Waals surface area contributed by atoms with E-state index < -0.39 is 0 Å². The number of allylic oxidation sites excluding steroid dienone is 2. The van der Waals surface area contributed by atoms with Crippen LogP contribution in [-0.2, 0) is 0 Å². The van der Waals surface area contributed by atoms with E-state index in [2.05, 4.69) is 23.5 Å². The van der Waals surface area contributed by atoms with Crippen molar-refractivity contribution in [2.45, 2.75) is 27.2 Å². The number of nitrogens with zero attached hydrogens (tertiary/aromatic N) is 1. The molecule has 0 aromatic heterocycles. The lowest BCUT2D eigenvalue weighted by atomic mass is 10.4. The van der Waals surface area contributed by atoms with Crippen LogP contribution in [0, 0.1) is 0 Å². The zero-order valence-corrected chi connectivity index (χ0v) is 7.57. The molecule has 0 fully saturated rings. The quantitative estimate of drug-likeness (QED) is 0.465. The van der Waals surface area contributed by atoms with Gasteiger partial charge in [0.05, 0.1) is 0 Å². The Hall–Kier alpha value is -0.460. The molecule has 56 valence electrons. The van der Waals surface area contributed by atoms with Gasteiger partial charge in [-0.15, -0.1) is 12.6 Å². The van der Waals surface area contributed by atoms with Gasteiger partial charge in [-0.25, -0.2) is 4.99 Å². The van der Waals surface area contributed by atoms with Gasteiger partial charge in [-0.05, 0) is 26.1 Å². The maximum absolute atomic E-state index is 4.11. The molecule has 0 atom stereocenters. The fourth-order valence-electron chi connectivity index (χ4n) is 0.315. The summed E-state index contributed by atoms with van der Waals surface area (Å²) in [7, 11) is 0. The number of rotatable bonds is 2. The highest BCUT2D eigenvalue weighted by molar-refractivity contribution is 7.84. The van der Waals surface area contributed by atoms with Gasteiger partial charge in [-0.2, -0.15) is 0 Å². The van der Waals surface area contributed by atoms with E-state index in [1.807, 2.05) is 20.8 Å². The van der Waals surface area contributed by atoms with E-state index in [1.54, 1.807) is 6.20 Å². The van der Waals surface area contributed by atoms with Crippen LogP contribution in [0.3, 0.4) is 0 Å². The predicted molar refractivity (Wildman–Crippen MR) is 49.7 cm³/mol. The molecule has 0 heterocycles. The van der Waals surface area contributed by atoms with Crippen molar-refractivity contribution in [2.24, 2.45) is 4.99 Å². The van der Waals surface area contributed by atoms with Gasteiger partial charge in [0.25, 0.3) is 0 Å². The molecule has 0 aliphatic rings. The van der Waals surface area contributed by atoms with Gasteiger partial charge >= 0.3 is 0 Å². The first kappa shape index (κ1) is 9.54. The van der Waals surface area contributed by atoms with Crippen LogP contribution in [0.4, 0.5) is 0 Å². The molecule has 0 unspecified atom stereocenters. The van der Waals surface area contributed by atoms with E-state index in [9.17, 15) is 0 Å². The summed E-state index contributed by atoms with van der Waals surface area (Å²) in [5, 5.41) is 0. The Kier molecular flexibility index (Phi) is 5.09. The van der Waals surface area contributed by atoms with Crippen LogP contribution >= 0.6 is 12.6 Å². The lowest BCUT2D eigenvalue weighted by Gasteiger charge is -1.82. The first-order valence-corrected chi connectivity index (χ1v) is 3.75. The third kappa shape index (κ3) is 5.67. The average molecular weight is 155 g/mol. The van der Waals surface area contributed by atoms with E-state index in [1.165, 1.54) is 5.57 Å². The van der Waals surface area contributed by atoms with Gasteiger partial charge in [0.1, 0.15) is 0 Å². The van der Waals surface area contributed by atoms with Crippen LogP contribution in [0.5, 0.6) is 0 Å². The average Bonchev–Trinajstić information content (AvgIpc) is 1.87. The molecule has 0 aliphatic heterocycles. The van der Waals surface area contributed by atoms with Crippen LogP contribution in [0.2, 0.25) is 0 Å². The molecule has 1 nitrogen and oxygen atoms in total. The molecule has 0 aromatic rings. The molecular weight excluding hydrogens is 142 g/mol. The van der Waals surface area contributed by atoms with Crippen molar-refractivity contribution in [2.75, 3.05) is 0 Å². The Morgan fingerprint density at radius 2 is 2.20 bits per heavy atom. The molecule has 0 N–H and O–H groups in total. The third-order valence-electron chi connectivity index (χ3n) is 0.851. The molecule has 0 saturated heterocycles. The van der Waals surface area contributed by atoms with E-state index in [0.717, 1.165) is 11.3 Å². The Balaban J connectivity index is 4.10. The fraction of sp³-hybridized carbons (Fsp3) is 0.500. The smallest absolute Gasteiger partial charge is 0.0428 e. The molecule has 0 spiro atoms. The van der Waals surface area contributed by atoms with Gasteiger partial charge in [0.15, 0.2) is 0 Å². The second kappa shape index (κ2) is 5.33. The van der Waals surface area contributed by atoms with Gasteiger partial charge in [-0.1, -0.05) is 12.5 Å². The molecule has 2 heteroatoms. The molecule has 0 rings (SSSR count). The lowest BCUT2D eigenvalue weighted by Crippen LogP contribution is -1.66. The van der Waals surface area contributed by atoms with Gasteiger partial charge in [0, 0.05) is 11.1 Å². The van der Waals surface area contributed by atoms with Gasteiger partial charge < -0.3 is 0 Å². The van der Waals surface area contributed by atoms with Crippen molar-refractivity contribution >= 4 is 18.5 Å². The van der Waals surface area contributed by atoms with E-state index in [0.29, 0.717) is 0 Å². The maximum atomic E-state index is 4.11. The van der Waals surface area contributed by atoms with Crippen LogP contribution < -0.4 is 0 Å². The van der Waals surface area contributed by atoms with Crippen molar-refractivity contribution < 1.29 is 0 Å². The standard InChI is InChI=1S/C8H13NS/c1-4-8(10)6-9-5-7(2)3/h5,10H,4H2,1-3H3. The Bertz CT molecular complexity index is 181. The molecule has 0 amide bonds. The molecule has 0 bridgehead atoms. The monoisotopic (exact) mass is 155 g/mol. The maximum Gasteiger partial charge on any atom is 0.0428 e. The largest absolute Gasteiger partial charge is 0.213 e. The summed E-state index contributed by atoms with van der Waals surface area (Å²) in [6, 6.07) is 0. The Morgan fingerprint density at radius 3 is 2.60 bits per heavy atom. The normalized spacial score (nSPS) is 8.00. The summed E-state index contributed by atoms with van der Waals surface area (Å²) >= 11 is 4.11. The van der Waals surface area contributed by atoms with Crippen LogP contribution in [-0.4, -0.2) is 5.87 Å². The topological polar surface area (TPSA) is 12.4 Å². The first-order valence-electron chi connectivity index (χ1n) is 3.30. The van der Waals surface area contributed by atoms with Crippen molar-refractivity contribution in [3.8, 4) is 0 Å². The number of hydrogen-bond acceptors (Lipinski definition) is 2. The molecule has 0 saturated carbocycles. The highest BCUT2D eigenvalue weighted by Gasteiger charge is 1.77. The third-order valence-corrected chi connectivity index (χ3v) is 1.27. The Labute approximate surface area is 68.0 Å². The van der Waals surface area contributed by atoms with Crippen LogP contribution in [0.1, 0.15) is 27.2 Å². The van der Waals surface area contributed by atoms with Gasteiger partial charge in [0.2, 0.25) is 0 Å². The zero-order chi connectivity index (χ0) is 7.98. The van der Waals surface area contributed by atoms with Gasteiger partial charge in [-0.3, -0.25) is 0 Å². The summed E-state index contributed by atoms with van der Waals surface area (Å²) in [5.41, 5.74) is 1.17. The number of hydrogen-bond donors (Lipinski definition) is 1. The molecule has 0 radical (unpaired) electrons. The van der Waals surface area contributed by atoms with E-state index >= 15 is 0 Å². The zero-order valence-electron chi connectivity index (χ0n) is 6.68. The van der Waals surface area contributed by atoms with Crippen LogP contribution in [0.25, 0.3) is 0 Å².